The van der Waals surface area contributed by atoms with Crippen LogP contribution >= 0.6 is 7.26 Å². The maximum absolute atomic E-state index is 5.14. The monoisotopic (exact) mass is 344 g/mol. The Morgan fingerprint density at radius 1 is 0.640 bits per heavy atom. The van der Waals surface area contributed by atoms with Crippen molar-refractivity contribution in [1.82, 2.24) is 5.16 Å². The van der Waals surface area contributed by atoms with Crippen LogP contribution in [0.15, 0.2) is 108 Å². The molecule has 0 unspecified atom stereocenters. The van der Waals surface area contributed by atoms with Crippen molar-refractivity contribution >= 4 is 23.2 Å². The van der Waals surface area contributed by atoms with Gasteiger partial charge in [-0.3, -0.25) is 0 Å². The second-order valence-corrected chi connectivity index (χ2v) is 9.49. The number of hydrogen-bond acceptors (Lipinski definition) is 2. The summed E-state index contributed by atoms with van der Waals surface area (Å²) in [5, 5.41) is 8.04. The van der Waals surface area contributed by atoms with Gasteiger partial charge < -0.3 is 4.52 Å². The van der Waals surface area contributed by atoms with Crippen LogP contribution in [0.25, 0.3) is 0 Å². The molecule has 0 amide bonds. The van der Waals surface area contributed by atoms with Crippen LogP contribution in [0.3, 0.4) is 0 Å². The molecule has 1 heterocycles. The summed E-state index contributed by atoms with van der Waals surface area (Å²) in [6.45, 7) is 0. The predicted molar refractivity (Wildman–Crippen MR) is 105 cm³/mol. The van der Waals surface area contributed by atoms with Crippen LogP contribution in [-0.2, 0) is 6.16 Å². The minimum absolute atomic E-state index is 0.897. The van der Waals surface area contributed by atoms with Gasteiger partial charge in [-0.15, -0.1) is 0 Å². The zero-order valence-corrected chi connectivity index (χ0v) is 14.7. The fraction of sp³-hybridized carbons (Fsp3) is 0.0455. The zero-order valence-electron chi connectivity index (χ0n) is 13.8. The zero-order chi connectivity index (χ0) is 17.0. The molecule has 0 aliphatic carbocycles. The molecule has 0 atom stereocenters. The highest BCUT2D eigenvalue weighted by Gasteiger charge is 2.45. The van der Waals surface area contributed by atoms with Crippen molar-refractivity contribution in [3.63, 3.8) is 0 Å². The Bertz CT molecular complexity index is 810. The lowest BCUT2D eigenvalue weighted by atomic mass is 10.3. The van der Waals surface area contributed by atoms with Crippen molar-refractivity contribution < 1.29 is 4.52 Å². The lowest BCUT2D eigenvalue weighted by molar-refractivity contribution is 0.419. The minimum Gasteiger partial charge on any atom is -0.364 e. The van der Waals surface area contributed by atoms with Crippen LogP contribution in [0.2, 0.25) is 0 Å². The molecular weight excluding hydrogens is 325 g/mol. The number of rotatable bonds is 5. The van der Waals surface area contributed by atoms with Crippen LogP contribution in [0.5, 0.6) is 0 Å². The Balaban J connectivity index is 2.01. The van der Waals surface area contributed by atoms with E-state index in [0.29, 0.717) is 0 Å². The first-order chi connectivity index (χ1) is 12.4. The summed E-state index contributed by atoms with van der Waals surface area (Å²) >= 11 is 0. The molecule has 0 spiro atoms. The summed E-state index contributed by atoms with van der Waals surface area (Å²) in [7, 11) is -1.84. The Kier molecular flexibility index (Phi) is 4.45. The van der Waals surface area contributed by atoms with Crippen LogP contribution in [0, 0.1) is 0 Å². The maximum Gasteiger partial charge on any atom is 0.130 e. The van der Waals surface area contributed by atoms with E-state index in [-0.39, 0.29) is 0 Å². The third-order valence-electron chi connectivity index (χ3n) is 4.49. The van der Waals surface area contributed by atoms with E-state index in [9.17, 15) is 0 Å². The first kappa shape index (κ1) is 15.8. The van der Waals surface area contributed by atoms with Gasteiger partial charge in [0.15, 0.2) is 0 Å². The van der Waals surface area contributed by atoms with Gasteiger partial charge in [-0.05, 0) is 36.4 Å². The second kappa shape index (κ2) is 7.04. The maximum atomic E-state index is 5.14. The molecule has 0 N–H and O–H groups in total. The highest BCUT2D eigenvalue weighted by Crippen LogP contribution is 2.58. The highest BCUT2D eigenvalue weighted by atomic mass is 31.2. The molecule has 0 aliphatic rings. The first-order valence-corrected chi connectivity index (χ1v) is 10.3. The molecule has 4 rings (SSSR count). The Labute approximate surface area is 148 Å². The summed E-state index contributed by atoms with van der Waals surface area (Å²) < 4.78 is 5.14. The van der Waals surface area contributed by atoms with Crippen LogP contribution < -0.4 is 15.9 Å². The van der Waals surface area contributed by atoms with E-state index in [2.05, 4.69) is 96.2 Å². The third-order valence-corrected chi connectivity index (χ3v) is 8.87. The topological polar surface area (TPSA) is 26.0 Å². The van der Waals surface area contributed by atoms with Gasteiger partial charge in [0.1, 0.15) is 35.6 Å². The Hall–Kier alpha value is -2.70. The summed E-state index contributed by atoms with van der Waals surface area (Å²) in [5.41, 5.74) is 1.13. The molecule has 0 aliphatic heterocycles. The van der Waals surface area contributed by atoms with Gasteiger partial charge in [-0.2, -0.15) is 0 Å². The molecule has 25 heavy (non-hydrogen) atoms. The smallest absolute Gasteiger partial charge is 0.130 e. The molecule has 0 radical (unpaired) electrons. The molecule has 0 saturated heterocycles. The van der Waals surface area contributed by atoms with Gasteiger partial charge in [0.2, 0.25) is 0 Å². The molecule has 3 aromatic carbocycles. The summed E-state index contributed by atoms with van der Waals surface area (Å²) in [5.74, 6) is 0. The third kappa shape index (κ3) is 3.01. The van der Waals surface area contributed by atoms with Crippen LogP contribution in [0.1, 0.15) is 5.56 Å². The van der Waals surface area contributed by atoms with Crippen molar-refractivity contribution in [2.24, 2.45) is 0 Å². The van der Waals surface area contributed by atoms with E-state index < -0.39 is 7.26 Å². The quantitative estimate of drug-likeness (QED) is 0.508. The summed E-state index contributed by atoms with van der Waals surface area (Å²) in [6.07, 6.45) is 4.50. The van der Waals surface area contributed by atoms with Gasteiger partial charge in [-0.1, -0.05) is 59.8 Å². The van der Waals surface area contributed by atoms with Crippen molar-refractivity contribution in [1.29, 1.82) is 0 Å². The molecule has 0 fully saturated rings. The SMILES string of the molecule is c1ccc([P+](Cc2cnoc2)(c2ccccc2)c2ccccc2)cc1. The van der Waals surface area contributed by atoms with Crippen molar-refractivity contribution in [2.75, 3.05) is 0 Å². The first-order valence-electron chi connectivity index (χ1n) is 8.33. The highest BCUT2D eigenvalue weighted by molar-refractivity contribution is 7.95. The molecule has 4 aromatic rings. The Morgan fingerprint density at radius 3 is 1.44 bits per heavy atom. The average molecular weight is 344 g/mol. The normalized spacial score (nSPS) is 11.4. The fourth-order valence-corrected chi connectivity index (χ4v) is 7.54. The summed E-state index contributed by atoms with van der Waals surface area (Å²) in [4.78, 5) is 0. The van der Waals surface area contributed by atoms with Gasteiger partial charge in [-0.25, -0.2) is 0 Å². The predicted octanol–water partition coefficient (Wildman–Crippen LogP) is 4.17. The lowest BCUT2D eigenvalue weighted by Crippen LogP contribution is -2.32. The molecule has 1 aromatic heterocycles. The van der Waals surface area contributed by atoms with Crippen molar-refractivity contribution in [2.45, 2.75) is 6.16 Å². The largest absolute Gasteiger partial charge is 0.364 e. The van der Waals surface area contributed by atoms with Crippen LogP contribution in [-0.4, -0.2) is 5.16 Å². The Morgan fingerprint density at radius 2 is 1.08 bits per heavy atom. The number of benzene rings is 3. The van der Waals surface area contributed by atoms with E-state index in [1.54, 1.807) is 6.26 Å². The average Bonchev–Trinajstić information content (AvgIpc) is 3.21. The van der Waals surface area contributed by atoms with E-state index in [1.165, 1.54) is 15.9 Å². The van der Waals surface area contributed by atoms with E-state index in [1.807, 2.05) is 6.20 Å². The molecule has 122 valence electrons. The number of aromatic nitrogens is 1. The minimum atomic E-state index is -1.84. The molecule has 0 bridgehead atoms. The summed E-state index contributed by atoms with van der Waals surface area (Å²) in [6, 6.07) is 32.5. The molecular formula is C22H19NOP+. The van der Waals surface area contributed by atoms with E-state index in [4.69, 9.17) is 4.52 Å². The van der Waals surface area contributed by atoms with E-state index >= 15 is 0 Å². The lowest BCUT2D eigenvalue weighted by Gasteiger charge is -2.27. The van der Waals surface area contributed by atoms with Crippen LogP contribution in [0.4, 0.5) is 0 Å². The van der Waals surface area contributed by atoms with Gasteiger partial charge >= 0.3 is 0 Å². The number of nitrogens with zero attached hydrogens (tertiary/aromatic N) is 1. The van der Waals surface area contributed by atoms with E-state index in [0.717, 1.165) is 11.7 Å². The molecule has 2 nitrogen and oxygen atoms in total. The second-order valence-electron chi connectivity index (χ2n) is 6.01. The number of hydrogen-bond donors (Lipinski definition) is 0. The van der Waals surface area contributed by atoms with Crippen molar-refractivity contribution in [3.05, 3.63) is 109 Å². The fourth-order valence-electron chi connectivity index (χ4n) is 3.35. The molecule has 3 heteroatoms. The van der Waals surface area contributed by atoms with Gasteiger partial charge in [0.05, 0.1) is 6.20 Å². The molecule has 0 saturated carbocycles. The van der Waals surface area contributed by atoms with Crippen molar-refractivity contribution in [3.8, 4) is 0 Å². The van der Waals surface area contributed by atoms with Gasteiger partial charge in [0.25, 0.3) is 0 Å². The van der Waals surface area contributed by atoms with Gasteiger partial charge in [0, 0.05) is 5.56 Å². The standard InChI is InChI=1S/C22H19NOP/c1-4-10-20(11-5-1)25(18-19-16-23-24-17-19,21-12-6-2-7-13-21)22-14-8-3-9-15-22/h1-17H,18H2/q+1.